The Bertz CT molecular complexity index is 3110. The number of para-hydroxylation sites is 1. The molecule has 244 valence electrons. The second-order valence-electron chi connectivity index (χ2n) is 14.5. The summed E-state index contributed by atoms with van der Waals surface area (Å²) in [4.78, 5) is 15.4. The monoisotopic (exact) mass is 664 g/mol. The zero-order valence-corrected chi connectivity index (χ0v) is 28.8. The SMILES string of the molecule is CC1(C)c2ccccc2-c2c(-c3cccc4cc(-n5c6ccccc6c6cc7ccccc7cc65)ccc34)nc(-c3ccc4cccnc4c3)nc21. The van der Waals surface area contributed by atoms with Crippen molar-refractivity contribution in [3.05, 3.63) is 169 Å². The van der Waals surface area contributed by atoms with E-state index in [2.05, 4.69) is 169 Å². The molecule has 1 aliphatic carbocycles. The number of fused-ring (bicyclic) bond motifs is 9. The van der Waals surface area contributed by atoms with Crippen LogP contribution in [-0.2, 0) is 5.41 Å². The van der Waals surface area contributed by atoms with Gasteiger partial charge in [-0.25, -0.2) is 9.97 Å². The molecule has 7 aromatic carbocycles. The first-order chi connectivity index (χ1) is 25.5. The fourth-order valence-corrected chi connectivity index (χ4v) is 8.62. The summed E-state index contributed by atoms with van der Waals surface area (Å²) in [7, 11) is 0. The zero-order chi connectivity index (χ0) is 34.6. The maximum absolute atomic E-state index is 5.45. The highest BCUT2D eigenvalue weighted by atomic mass is 15.0. The summed E-state index contributed by atoms with van der Waals surface area (Å²) in [6.45, 7) is 4.56. The lowest BCUT2D eigenvalue weighted by molar-refractivity contribution is 0.636. The van der Waals surface area contributed by atoms with Gasteiger partial charge in [-0.05, 0) is 75.1 Å². The Morgan fingerprint density at radius 3 is 2.21 bits per heavy atom. The summed E-state index contributed by atoms with van der Waals surface area (Å²) in [6, 6.07) is 54.6. The molecule has 3 heterocycles. The summed E-state index contributed by atoms with van der Waals surface area (Å²) in [6.07, 6.45) is 1.84. The number of benzene rings is 7. The smallest absolute Gasteiger partial charge is 0.160 e. The Kier molecular flexibility index (Phi) is 5.98. The van der Waals surface area contributed by atoms with E-state index in [1.54, 1.807) is 0 Å². The van der Waals surface area contributed by atoms with Gasteiger partial charge in [0.2, 0.25) is 0 Å². The largest absolute Gasteiger partial charge is 0.309 e. The van der Waals surface area contributed by atoms with Crippen LogP contribution in [0.2, 0.25) is 0 Å². The molecule has 4 nitrogen and oxygen atoms in total. The lowest BCUT2D eigenvalue weighted by Crippen LogP contribution is -2.17. The standard InChI is InChI=1S/C48H32N4/c1-48(2)40-18-7-5-16-38(40)44-45(50-47(51-46(44)48)33-21-20-29-14-10-24-49-41(29)27-33)37-17-9-13-32-25-34(22-23-35(32)37)52-42-19-8-6-15-36(42)39-26-30-11-3-4-12-31(30)28-43(39)52/h3-28H,1-2H3. The molecule has 0 aliphatic heterocycles. The van der Waals surface area contributed by atoms with Gasteiger partial charge in [0.25, 0.3) is 0 Å². The molecule has 1 aliphatic rings. The van der Waals surface area contributed by atoms with Crippen LogP contribution in [-0.4, -0.2) is 19.5 Å². The zero-order valence-electron chi connectivity index (χ0n) is 28.8. The number of hydrogen-bond donors (Lipinski definition) is 0. The second kappa shape index (κ2) is 10.7. The molecular weight excluding hydrogens is 633 g/mol. The Morgan fingerprint density at radius 2 is 1.29 bits per heavy atom. The number of rotatable bonds is 3. The van der Waals surface area contributed by atoms with Gasteiger partial charge in [-0.2, -0.15) is 0 Å². The Balaban J connectivity index is 1.16. The van der Waals surface area contributed by atoms with Crippen LogP contribution in [0, 0.1) is 0 Å². The maximum Gasteiger partial charge on any atom is 0.160 e. The summed E-state index contributed by atoms with van der Waals surface area (Å²) in [5, 5.41) is 8.43. The fourth-order valence-electron chi connectivity index (χ4n) is 8.62. The van der Waals surface area contributed by atoms with E-state index in [9.17, 15) is 0 Å². The molecule has 10 aromatic rings. The van der Waals surface area contributed by atoms with Gasteiger partial charge in [-0.1, -0.05) is 123 Å². The second-order valence-corrected chi connectivity index (χ2v) is 14.5. The molecule has 0 amide bonds. The van der Waals surface area contributed by atoms with Gasteiger partial charge in [-0.15, -0.1) is 0 Å². The van der Waals surface area contributed by atoms with Crippen molar-refractivity contribution in [1.82, 2.24) is 19.5 Å². The Morgan fingerprint density at radius 1 is 0.519 bits per heavy atom. The lowest BCUT2D eigenvalue weighted by Gasteiger charge is -2.21. The number of hydrogen-bond acceptors (Lipinski definition) is 3. The van der Waals surface area contributed by atoms with E-state index in [0.717, 1.165) is 55.4 Å². The van der Waals surface area contributed by atoms with E-state index in [1.807, 2.05) is 12.3 Å². The van der Waals surface area contributed by atoms with Crippen molar-refractivity contribution < 1.29 is 0 Å². The summed E-state index contributed by atoms with van der Waals surface area (Å²) < 4.78 is 2.41. The van der Waals surface area contributed by atoms with E-state index in [1.165, 1.54) is 43.7 Å². The van der Waals surface area contributed by atoms with E-state index in [-0.39, 0.29) is 5.41 Å². The normalized spacial score (nSPS) is 13.3. The van der Waals surface area contributed by atoms with E-state index < -0.39 is 0 Å². The minimum Gasteiger partial charge on any atom is -0.309 e. The molecule has 0 saturated heterocycles. The van der Waals surface area contributed by atoms with Crippen molar-refractivity contribution in [2.75, 3.05) is 0 Å². The molecule has 0 saturated carbocycles. The summed E-state index contributed by atoms with van der Waals surface area (Å²) in [5.74, 6) is 0.716. The average Bonchev–Trinajstić information content (AvgIpc) is 3.63. The van der Waals surface area contributed by atoms with Crippen LogP contribution in [0.1, 0.15) is 25.1 Å². The van der Waals surface area contributed by atoms with Gasteiger partial charge in [0.15, 0.2) is 5.82 Å². The predicted molar refractivity (Wildman–Crippen MR) is 215 cm³/mol. The summed E-state index contributed by atoms with van der Waals surface area (Å²) >= 11 is 0. The van der Waals surface area contributed by atoms with Gasteiger partial charge in [0.05, 0.1) is 27.9 Å². The van der Waals surface area contributed by atoms with Crippen molar-refractivity contribution in [1.29, 1.82) is 0 Å². The minimum absolute atomic E-state index is 0.286. The number of nitrogens with zero attached hydrogens (tertiary/aromatic N) is 4. The molecule has 0 spiro atoms. The molecule has 0 fully saturated rings. The van der Waals surface area contributed by atoms with Crippen molar-refractivity contribution >= 4 is 54.3 Å². The van der Waals surface area contributed by atoms with Crippen LogP contribution in [0.15, 0.2) is 158 Å². The molecule has 11 rings (SSSR count). The quantitative estimate of drug-likeness (QED) is 0.189. The van der Waals surface area contributed by atoms with Crippen molar-refractivity contribution in [3.8, 4) is 39.5 Å². The van der Waals surface area contributed by atoms with Crippen molar-refractivity contribution in [2.45, 2.75) is 19.3 Å². The molecular formula is C48H32N4. The van der Waals surface area contributed by atoms with Crippen LogP contribution in [0.5, 0.6) is 0 Å². The third-order valence-electron chi connectivity index (χ3n) is 11.2. The first-order valence-corrected chi connectivity index (χ1v) is 17.9. The van der Waals surface area contributed by atoms with E-state index >= 15 is 0 Å². The fraction of sp³-hybridized carbons (Fsp3) is 0.0625. The molecule has 4 heteroatoms. The minimum atomic E-state index is -0.286. The highest BCUT2D eigenvalue weighted by Gasteiger charge is 2.39. The lowest BCUT2D eigenvalue weighted by atomic mass is 9.85. The maximum atomic E-state index is 5.45. The molecule has 0 bridgehead atoms. The topological polar surface area (TPSA) is 43.6 Å². The third kappa shape index (κ3) is 4.12. The highest BCUT2D eigenvalue weighted by molar-refractivity contribution is 6.14. The van der Waals surface area contributed by atoms with Gasteiger partial charge in [0.1, 0.15) is 0 Å². The predicted octanol–water partition coefficient (Wildman–Crippen LogP) is 12.1. The van der Waals surface area contributed by atoms with Crippen molar-refractivity contribution in [3.63, 3.8) is 0 Å². The van der Waals surface area contributed by atoms with E-state index in [0.29, 0.717) is 5.82 Å². The number of pyridine rings is 1. The van der Waals surface area contributed by atoms with Crippen LogP contribution >= 0.6 is 0 Å². The average molecular weight is 665 g/mol. The third-order valence-corrected chi connectivity index (χ3v) is 11.2. The van der Waals surface area contributed by atoms with Crippen LogP contribution in [0.4, 0.5) is 0 Å². The molecule has 0 radical (unpaired) electrons. The molecule has 52 heavy (non-hydrogen) atoms. The van der Waals surface area contributed by atoms with Gasteiger partial charge in [0, 0.05) is 50.1 Å². The summed E-state index contributed by atoms with van der Waals surface area (Å²) in [5.41, 5.74) is 11.9. The van der Waals surface area contributed by atoms with Crippen LogP contribution < -0.4 is 0 Å². The molecule has 3 aromatic heterocycles. The van der Waals surface area contributed by atoms with E-state index in [4.69, 9.17) is 9.97 Å². The molecule has 0 N–H and O–H groups in total. The Hall–Kier alpha value is -6.65. The first-order valence-electron chi connectivity index (χ1n) is 17.9. The van der Waals surface area contributed by atoms with Crippen LogP contribution in [0.3, 0.4) is 0 Å². The van der Waals surface area contributed by atoms with Gasteiger partial charge < -0.3 is 4.57 Å². The highest BCUT2D eigenvalue weighted by Crippen LogP contribution is 2.52. The van der Waals surface area contributed by atoms with Crippen molar-refractivity contribution in [2.24, 2.45) is 0 Å². The van der Waals surface area contributed by atoms with Crippen LogP contribution in [0.25, 0.3) is 93.7 Å². The van der Waals surface area contributed by atoms with Gasteiger partial charge >= 0.3 is 0 Å². The van der Waals surface area contributed by atoms with Gasteiger partial charge in [-0.3, -0.25) is 4.98 Å². The molecule has 0 unspecified atom stereocenters. The Labute approximate surface area is 300 Å². The first kappa shape index (κ1) is 29.1. The number of aromatic nitrogens is 4. The molecule has 0 atom stereocenters.